The van der Waals surface area contributed by atoms with Gasteiger partial charge in [-0.15, -0.1) is 0 Å². The van der Waals surface area contributed by atoms with Gasteiger partial charge in [0.2, 0.25) is 0 Å². The minimum absolute atomic E-state index is 0.0341. The number of anilines is 1. The highest BCUT2D eigenvalue weighted by Gasteiger charge is 2.34. The number of hydrogen-bond donors (Lipinski definition) is 1. The van der Waals surface area contributed by atoms with Crippen molar-refractivity contribution >= 4 is 23.3 Å². The minimum atomic E-state index is -4.57. The molecule has 1 rings (SSSR count). The lowest BCUT2D eigenvalue weighted by molar-refractivity contribution is -0.136. The normalized spacial score (nSPS) is 11.3. The second-order valence-corrected chi connectivity index (χ2v) is 4.23. The van der Waals surface area contributed by atoms with Gasteiger partial charge in [0.15, 0.2) is 0 Å². The SMILES string of the molecule is CCN(CC)C(=O)Nc1ccc(Cl)cc1C(F)(F)F. The Hall–Kier alpha value is -1.43. The zero-order valence-electron chi connectivity index (χ0n) is 10.5. The maximum absolute atomic E-state index is 12.8. The molecule has 1 aromatic rings. The fourth-order valence-electron chi connectivity index (χ4n) is 1.57. The molecule has 0 saturated heterocycles. The molecule has 0 radical (unpaired) electrons. The van der Waals surface area contributed by atoms with Crippen molar-refractivity contribution in [3.63, 3.8) is 0 Å². The molecule has 7 heteroatoms. The standard InChI is InChI=1S/C12H14ClF3N2O/c1-3-18(4-2)11(19)17-10-6-5-8(13)7-9(10)12(14,15)16/h5-7H,3-4H2,1-2H3,(H,17,19). The summed E-state index contributed by atoms with van der Waals surface area (Å²) in [6, 6.07) is 2.67. The Morgan fingerprint density at radius 1 is 1.32 bits per heavy atom. The molecule has 0 bridgehead atoms. The van der Waals surface area contributed by atoms with Crippen LogP contribution in [0.2, 0.25) is 5.02 Å². The van der Waals surface area contributed by atoms with E-state index in [1.807, 2.05) is 0 Å². The number of nitrogens with zero attached hydrogens (tertiary/aromatic N) is 1. The van der Waals surface area contributed by atoms with Crippen LogP contribution in [0.4, 0.5) is 23.7 Å². The van der Waals surface area contributed by atoms with Gasteiger partial charge in [0.25, 0.3) is 0 Å². The molecule has 1 N–H and O–H groups in total. The number of rotatable bonds is 3. The molecule has 0 aliphatic carbocycles. The van der Waals surface area contributed by atoms with E-state index in [0.29, 0.717) is 13.1 Å². The van der Waals surface area contributed by atoms with Gasteiger partial charge in [-0.3, -0.25) is 0 Å². The Morgan fingerprint density at radius 2 is 1.89 bits per heavy atom. The van der Waals surface area contributed by atoms with Crippen LogP contribution >= 0.6 is 11.6 Å². The molecule has 0 saturated carbocycles. The maximum Gasteiger partial charge on any atom is 0.418 e. The van der Waals surface area contributed by atoms with Crippen LogP contribution in [0.3, 0.4) is 0 Å². The number of nitrogens with one attached hydrogen (secondary N) is 1. The van der Waals surface area contributed by atoms with Crippen molar-refractivity contribution in [1.29, 1.82) is 0 Å². The van der Waals surface area contributed by atoms with Gasteiger partial charge >= 0.3 is 12.2 Å². The summed E-state index contributed by atoms with van der Waals surface area (Å²) in [7, 11) is 0. The highest BCUT2D eigenvalue weighted by Crippen LogP contribution is 2.36. The monoisotopic (exact) mass is 294 g/mol. The summed E-state index contributed by atoms with van der Waals surface area (Å²) in [5.74, 6) is 0. The molecule has 1 aromatic carbocycles. The predicted molar refractivity (Wildman–Crippen MR) is 68.4 cm³/mol. The van der Waals surface area contributed by atoms with Crippen molar-refractivity contribution in [2.24, 2.45) is 0 Å². The summed E-state index contributed by atoms with van der Waals surface area (Å²) in [4.78, 5) is 13.1. The number of alkyl halides is 3. The number of urea groups is 1. The van der Waals surface area contributed by atoms with Crippen LogP contribution in [0.25, 0.3) is 0 Å². The second-order valence-electron chi connectivity index (χ2n) is 3.79. The van der Waals surface area contributed by atoms with Crippen molar-refractivity contribution in [1.82, 2.24) is 4.90 Å². The van der Waals surface area contributed by atoms with Crippen LogP contribution < -0.4 is 5.32 Å². The molecule has 3 nitrogen and oxygen atoms in total. The van der Waals surface area contributed by atoms with Gasteiger partial charge in [-0.2, -0.15) is 13.2 Å². The van der Waals surface area contributed by atoms with Gasteiger partial charge in [0, 0.05) is 18.1 Å². The third kappa shape index (κ3) is 4.02. The average Bonchev–Trinajstić information content (AvgIpc) is 2.31. The summed E-state index contributed by atoms with van der Waals surface area (Å²) in [6.45, 7) is 4.32. The van der Waals surface area contributed by atoms with Crippen LogP contribution in [-0.2, 0) is 6.18 Å². The highest BCUT2D eigenvalue weighted by molar-refractivity contribution is 6.30. The zero-order valence-corrected chi connectivity index (χ0v) is 11.3. The van der Waals surface area contributed by atoms with E-state index >= 15 is 0 Å². The molecule has 0 unspecified atom stereocenters. The number of benzene rings is 1. The number of amides is 2. The van der Waals surface area contributed by atoms with Gasteiger partial charge in [-0.25, -0.2) is 4.79 Å². The van der Waals surface area contributed by atoms with E-state index in [2.05, 4.69) is 5.32 Å². The molecule has 0 heterocycles. The molecule has 0 aliphatic rings. The lowest BCUT2D eigenvalue weighted by Crippen LogP contribution is -2.35. The van der Waals surface area contributed by atoms with E-state index in [9.17, 15) is 18.0 Å². The van der Waals surface area contributed by atoms with Gasteiger partial charge in [0.1, 0.15) is 0 Å². The van der Waals surface area contributed by atoms with Gasteiger partial charge < -0.3 is 10.2 Å². The molecule has 0 atom stereocenters. The molecule has 0 fully saturated rings. The van der Waals surface area contributed by atoms with E-state index in [4.69, 9.17) is 11.6 Å². The molecule has 2 amide bonds. The Labute approximate surface area is 114 Å². The summed E-state index contributed by atoms with van der Waals surface area (Å²) in [5, 5.41) is 2.22. The summed E-state index contributed by atoms with van der Waals surface area (Å²) >= 11 is 5.55. The predicted octanol–water partition coefficient (Wildman–Crippen LogP) is 4.23. The smallest absolute Gasteiger partial charge is 0.325 e. The van der Waals surface area contributed by atoms with Crippen molar-refractivity contribution in [2.75, 3.05) is 18.4 Å². The summed E-state index contributed by atoms with van der Waals surface area (Å²) in [5.41, 5.74) is -1.26. The largest absolute Gasteiger partial charge is 0.418 e. The maximum atomic E-state index is 12.8. The Balaban J connectivity index is 3.05. The topological polar surface area (TPSA) is 32.3 Å². The van der Waals surface area contributed by atoms with Gasteiger partial charge in [-0.05, 0) is 32.0 Å². The molecule has 19 heavy (non-hydrogen) atoms. The van der Waals surface area contributed by atoms with Crippen LogP contribution in [0.5, 0.6) is 0 Å². The first-order chi connectivity index (χ1) is 8.79. The van der Waals surface area contributed by atoms with Crippen molar-refractivity contribution in [3.05, 3.63) is 28.8 Å². The third-order valence-corrected chi connectivity index (χ3v) is 2.81. The summed E-state index contributed by atoms with van der Waals surface area (Å²) < 4.78 is 38.5. The van der Waals surface area contributed by atoms with Gasteiger partial charge in [-0.1, -0.05) is 11.6 Å². The van der Waals surface area contributed by atoms with Crippen LogP contribution in [0, 0.1) is 0 Å². The number of halogens is 4. The fourth-order valence-corrected chi connectivity index (χ4v) is 1.74. The van der Waals surface area contributed by atoms with E-state index < -0.39 is 17.8 Å². The number of carbonyl (C=O) groups is 1. The molecular formula is C12H14ClF3N2O. The van der Waals surface area contributed by atoms with Crippen molar-refractivity contribution in [3.8, 4) is 0 Å². The number of hydrogen-bond acceptors (Lipinski definition) is 1. The highest BCUT2D eigenvalue weighted by atomic mass is 35.5. The Bertz CT molecular complexity index is 459. The quantitative estimate of drug-likeness (QED) is 0.889. The Kier molecular flexibility index (Phi) is 5.05. The van der Waals surface area contributed by atoms with Crippen LogP contribution in [0.15, 0.2) is 18.2 Å². The molecule has 0 spiro atoms. The van der Waals surface area contributed by atoms with E-state index in [1.54, 1.807) is 13.8 Å². The molecule has 0 aromatic heterocycles. The lowest BCUT2D eigenvalue weighted by atomic mass is 10.1. The lowest BCUT2D eigenvalue weighted by Gasteiger charge is -2.21. The van der Waals surface area contributed by atoms with E-state index in [0.717, 1.165) is 12.1 Å². The fraction of sp³-hybridized carbons (Fsp3) is 0.417. The zero-order chi connectivity index (χ0) is 14.6. The summed E-state index contributed by atoms with van der Waals surface area (Å²) in [6.07, 6.45) is -4.57. The number of carbonyl (C=O) groups excluding carboxylic acids is 1. The van der Waals surface area contributed by atoms with E-state index in [-0.39, 0.29) is 10.7 Å². The van der Waals surface area contributed by atoms with Crippen molar-refractivity contribution < 1.29 is 18.0 Å². The van der Waals surface area contributed by atoms with Gasteiger partial charge in [0.05, 0.1) is 11.3 Å². The second kappa shape index (κ2) is 6.14. The first kappa shape index (κ1) is 15.6. The van der Waals surface area contributed by atoms with Crippen LogP contribution in [-0.4, -0.2) is 24.0 Å². The minimum Gasteiger partial charge on any atom is -0.325 e. The van der Waals surface area contributed by atoms with Crippen molar-refractivity contribution in [2.45, 2.75) is 20.0 Å². The van der Waals surface area contributed by atoms with E-state index in [1.165, 1.54) is 11.0 Å². The Morgan fingerprint density at radius 3 is 2.37 bits per heavy atom. The molecule has 0 aliphatic heterocycles. The van der Waals surface area contributed by atoms with Crippen LogP contribution in [0.1, 0.15) is 19.4 Å². The average molecular weight is 295 g/mol. The first-order valence-corrected chi connectivity index (χ1v) is 6.10. The first-order valence-electron chi connectivity index (χ1n) is 5.72. The third-order valence-electron chi connectivity index (χ3n) is 2.58. The molecular weight excluding hydrogens is 281 g/mol. The molecule has 106 valence electrons.